The first-order valence-corrected chi connectivity index (χ1v) is 10.2. The van der Waals surface area contributed by atoms with Crippen molar-refractivity contribution in [3.05, 3.63) is 33.6 Å². The molecular formula is C14H13Cl2N3O4S2. The average Bonchev–Trinajstić information content (AvgIpc) is 3.26. The van der Waals surface area contributed by atoms with Crippen molar-refractivity contribution in [2.45, 2.75) is 23.1 Å². The fraction of sp³-hybridized carbons (Fsp3) is 0.214. The van der Waals surface area contributed by atoms with E-state index < -0.39 is 21.8 Å². The van der Waals surface area contributed by atoms with E-state index in [1.807, 2.05) is 0 Å². The molecule has 1 aromatic heterocycles. The fourth-order valence-electron chi connectivity index (χ4n) is 1.96. The Labute approximate surface area is 158 Å². The zero-order chi connectivity index (χ0) is 18.2. The number of rotatable bonds is 5. The summed E-state index contributed by atoms with van der Waals surface area (Å²) in [6, 6.07) is 3.95. The van der Waals surface area contributed by atoms with Crippen LogP contribution in [0.4, 0.5) is 16.2 Å². The molecule has 1 aromatic carbocycles. The molecule has 0 spiro atoms. The molecule has 0 bridgehead atoms. The largest absolute Gasteiger partial charge is 0.504 e. The molecule has 7 nitrogen and oxygen atoms in total. The maximum absolute atomic E-state index is 12.2. The molecule has 0 radical (unpaired) electrons. The molecule has 0 atom stereocenters. The lowest BCUT2D eigenvalue weighted by Gasteiger charge is -2.09. The number of urea groups is 1. The van der Waals surface area contributed by atoms with Crippen LogP contribution in [0.3, 0.4) is 0 Å². The average molecular weight is 422 g/mol. The van der Waals surface area contributed by atoms with Gasteiger partial charge in [0.2, 0.25) is 0 Å². The first-order chi connectivity index (χ1) is 11.8. The van der Waals surface area contributed by atoms with Crippen LogP contribution in [0.25, 0.3) is 0 Å². The number of hydrogen-bond donors (Lipinski definition) is 4. The smallest absolute Gasteiger partial charge is 0.323 e. The van der Waals surface area contributed by atoms with E-state index in [-0.39, 0.29) is 31.7 Å². The Morgan fingerprint density at radius 3 is 2.56 bits per heavy atom. The molecule has 4 N–H and O–H groups in total. The summed E-state index contributed by atoms with van der Waals surface area (Å²) in [5.41, 5.74) is 0.265. The summed E-state index contributed by atoms with van der Waals surface area (Å²) in [4.78, 5) is 12.0. The quantitative estimate of drug-likeness (QED) is 0.587. The van der Waals surface area contributed by atoms with Crippen molar-refractivity contribution in [2.75, 3.05) is 10.6 Å². The monoisotopic (exact) mass is 421 g/mol. The van der Waals surface area contributed by atoms with Crippen LogP contribution >= 0.6 is 34.5 Å². The van der Waals surface area contributed by atoms with E-state index in [2.05, 4.69) is 15.4 Å². The summed E-state index contributed by atoms with van der Waals surface area (Å²) in [5, 5.41) is 16.8. The van der Waals surface area contributed by atoms with Crippen molar-refractivity contribution in [1.82, 2.24) is 4.72 Å². The number of amides is 2. The van der Waals surface area contributed by atoms with Gasteiger partial charge in [0.1, 0.15) is 0 Å². The molecule has 1 aliphatic rings. The molecule has 1 saturated carbocycles. The van der Waals surface area contributed by atoms with Crippen molar-refractivity contribution in [1.29, 1.82) is 0 Å². The Morgan fingerprint density at radius 2 is 1.88 bits per heavy atom. The molecule has 2 amide bonds. The summed E-state index contributed by atoms with van der Waals surface area (Å²) in [6.45, 7) is 0. The van der Waals surface area contributed by atoms with E-state index in [4.69, 9.17) is 23.2 Å². The van der Waals surface area contributed by atoms with Crippen molar-refractivity contribution < 1.29 is 18.3 Å². The van der Waals surface area contributed by atoms with Crippen molar-refractivity contribution in [3.63, 3.8) is 0 Å². The number of aromatic hydroxyl groups is 1. The van der Waals surface area contributed by atoms with Crippen LogP contribution in [0.1, 0.15) is 12.8 Å². The van der Waals surface area contributed by atoms with Gasteiger partial charge >= 0.3 is 6.03 Å². The minimum Gasteiger partial charge on any atom is -0.504 e. The lowest BCUT2D eigenvalue weighted by molar-refractivity contribution is 0.262. The van der Waals surface area contributed by atoms with Crippen molar-refractivity contribution in [3.8, 4) is 5.75 Å². The standard InChI is InChI=1S/C14H13Cl2N3O4S2/c15-8-2-1-3-9(11(8)16)17-14(21)18-10-6-24-13(12(10)20)25(22,23)19-7-4-5-7/h1-3,6-7,19-20H,4-5H2,(H2,17,18,21). The number of carbonyl (C=O) groups excluding carboxylic acids is 1. The summed E-state index contributed by atoms with van der Waals surface area (Å²) >= 11 is 12.7. The molecule has 0 saturated heterocycles. The van der Waals surface area contributed by atoms with Gasteiger partial charge in [-0.2, -0.15) is 0 Å². The Bertz CT molecular complexity index is 926. The molecule has 1 fully saturated rings. The van der Waals surface area contributed by atoms with E-state index in [0.29, 0.717) is 0 Å². The molecule has 3 rings (SSSR count). The third-order valence-corrected chi connectivity index (χ3v) is 7.18. The minimum atomic E-state index is -3.81. The number of thiophene rings is 1. The summed E-state index contributed by atoms with van der Waals surface area (Å²) in [5.74, 6) is -0.509. The summed E-state index contributed by atoms with van der Waals surface area (Å²) < 4.78 is 26.5. The predicted molar refractivity (Wildman–Crippen MR) is 98.4 cm³/mol. The maximum atomic E-state index is 12.2. The van der Waals surface area contributed by atoms with Gasteiger partial charge in [-0.3, -0.25) is 0 Å². The zero-order valence-corrected chi connectivity index (χ0v) is 15.7. The van der Waals surface area contributed by atoms with Gasteiger partial charge in [-0.05, 0) is 25.0 Å². The molecule has 11 heteroatoms. The summed E-state index contributed by atoms with van der Waals surface area (Å²) in [6.07, 6.45) is 1.55. The predicted octanol–water partition coefficient (Wildman–Crippen LogP) is 3.85. The van der Waals surface area contributed by atoms with Crippen LogP contribution in [0.5, 0.6) is 5.75 Å². The maximum Gasteiger partial charge on any atom is 0.323 e. The van der Waals surface area contributed by atoms with Crippen molar-refractivity contribution in [2.24, 2.45) is 0 Å². The molecular weight excluding hydrogens is 409 g/mol. The lowest BCUT2D eigenvalue weighted by Crippen LogP contribution is -2.25. The molecule has 0 aliphatic heterocycles. The highest BCUT2D eigenvalue weighted by molar-refractivity contribution is 7.91. The number of hydrogen-bond acceptors (Lipinski definition) is 5. The van der Waals surface area contributed by atoms with Crippen LogP contribution in [0.15, 0.2) is 27.8 Å². The molecule has 1 aliphatic carbocycles. The number of halogens is 2. The van der Waals surface area contributed by atoms with Crippen LogP contribution < -0.4 is 15.4 Å². The second kappa shape index (κ2) is 7.00. The zero-order valence-electron chi connectivity index (χ0n) is 12.5. The van der Waals surface area contributed by atoms with Gasteiger partial charge in [0.25, 0.3) is 10.0 Å². The summed E-state index contributed by atoms with van der Waals surface area (Å²) in [7, 11) is -3.81. The van der Waals surface area contributed by atoms with E-state index in [0.717, 1.165) is 24.2 Å². The van der Waals surface area contributed by atoms with Crippen LogP contribution in [-0.2, 0) is 10.0 Å². The van der Waals surface area contributed by atoms with Gasteiger partial charge in [-0.1, -0.05) is 29.3 Å². The second-order valence-electron chi connectivity index (χ2n) is 5.36. The van der Waals surface area contributed by atoms with Crippen LogP contribution in [0.2, 0.25) is 10.0 Å². The number of carbonyl (C=O) groups is 1. The topological polar surface area (TPSA) is 108 Å². The van der Waals surface area contributed by atoms with Gasteiger partial charge in [0, 0.05) is 11.4 Å². The van der Waals surface area contributed by atoms with Gasteiger partial charge < -0.3 is 15.7 Å². The normalized spacial score (nSPS) is 14.3. The van der Waals surface area contributed by atoms with Gasteiger partial charge in [-0.25, -0.2) is 17.9 Å². The third kappa shape index (κ3) is 4.18. The number of nitrogens with one attached hydrogen (secondary N) is 3. The fourth-order valence-corrected chi connectivity index (χ4v) is 4.87. The van der Waals surface area contributed by atoms with Gasteiger partial charge in [-0.15, -0.1) is 11.3 Å². The van der Waals surface area contributed by atoms with Crippen molar-refractivity contribution >= 4 is 62.0 Å². The molecule has 0 unspecified atom stereocenters. The Balaban J connectivity index is 1.73. The van der Waals surface area contributed by atoms with E-state index in [1.165, 1.54) is 5.38 Å². The van der Waals surface area contributed by atoms with Gasteiger partial charge in [0.15, 0.2) is 9.96 Å². The number of sulfonamides is 1. The second-order valence-corrected chi connectivity index (χ2v) is 8.94. The Hall–Kier alpha value is -1.52. The Kier molecular flexibility index (Phi) is 5.12. The van der Waals surface area contributed by atoms with Gasteiger partial charge in [0.05, 0.1) is 21.4 Å². The Morgan fingerprint density at radius 1 is 1.20 bits per heavy atom. The highest BCUT2D eigenvalue weighted by atomic mass is 35.5. The van der Waals surface area contributed by atoms with E-state index >= 15 is 0 Å². The minimum absolute atomic E-state index is 0.0168. The number of anilines is 2. The molecule has 134 valence electrons. The first-order valence-electron chi connectivity index (χ1n) is 7.12. The SMILES string of the molecule is O=C(Nc1csc(S(=O)(=O)NC2CC2)c1O)Nc1cccc(Cl)c1Cl. The highest BCUT2D eigenvalue weighted by Crippen LogP contribution is 2.38. The lowest BCUT2D eigenvalue weighted by atomic mass is 10.3. The highest BCUT2D eigenvalue weighted by Gasteiger charge is 2.31. The van der Waals surface area contributed by atoms with E-state index in [9.17, 15) is 18.3 Å². The first kappa shape index (κ1) is 18.3. The molecule has 25 heavy (non-hydrogen) atoms. The van der Waals surface area contributed by atoms with Crippen LogP contribution in [0, 0.1) is 0 Å². The molecule has 1 heterocycles. The molecule has 2 aromatic rings. The third-order valence-electron chi connectivity index (χ3n) is 3.32. The van der Waals surface area contributed by atoms with Crippen LogP contribution in [-0.4, -0.2) is 25.6 Å². The van der Waals surface area contributed by atoms with E-state index in [1.54, 1.807) is 18.2 Å². The number of benzene rings is 1.